The van der Waals surface area contributed by atoms with E-state index in [1.807, 2.05) is 30.3 Å². The molecule has 0 saturated heterocycles. The van der Waals surface area contributed by atoms with Crippen molar-refractivity contribution in [1.29, 1.82) is 0 Å². The molecule has 0 bridgehead atoms. The molecule has 1 aromatic rings. The van der Waals surface area contributed by atoms with Crippen LogP contribution in [0.15, 0.2) is 30.3 Å². The maximum Gasteiger partial charge on any atom is 0.223 e. The van der Waals surface area contributed by atoms with Crippen LogP contribution in [0.3, 0.4) is 0 Å². The molecule has 0 atom stereocenters. The summed E-state index contributed by atoms with van der Waals surface area (Å²) in [5.74, 6) is 6.43. The highest BCUT2D eigenvalue weighted by molar-refractivity contribution is 5.78. The molecule has 1 N–H and O–H groups in total. The Morgan fingerprint density at radius 3 is 2.61 bits per heavy atom. The van der Waals surface area contributed by atoms with Crippen LogP contribution in [0.25, 0.3) is 0 Å². The number of benzene rings is 1. The van der Waals surface area contributed by atoms with Crippen LogP contribution in [0.4, 0.5) is 0 Å². The molecule has 1 fully saturated rings. The van der Waals surface area contributed by atoms with Gasteiger partial charge in [-0.1, -0.05) is 49.3 Å². The maximum absolute atomic E-state index is 11.8. The summed E-state index contributed by atoms with van der Waals surface area (Å²) in [6.07, 6.45) is 5.73. The van der Waals surface area contributed by atoms with E-state index in [9.17, 15) is 4.79 Å². The van der Waals surface area contributed by atoms with E-state index in [4.69, 9.17) is 0 Å². The van der Waals surface area contributed by atoms with Crippen LogP contribution in [0.5, 0.6) is 0 Å². The van der Waals surface area contributed by atoms with Gasteiger partial charge in [0.25, 0.3) is 0 Å². The summed E-state index contributed by atoms with van der Waals surface area (Å²) in [6.45, 7) is 0.449. The molecule has 1 aliphatic carbocycles. The van der Waals surface area contributed by atoms with Gasteiger partial charge in [-0.3, -0.25) is 4.79 Å². The minimum Gasteiger partial charge on any atom is -0.345 e. The highest BCUT2D eigenvalue weighted by Gasteiger charge is 2.19. The zero-order chi connectivity index (χ0) is 12.6. The first-order chi connectivity index (χ1) is 8.86. The van der Waals surface area contributed by atoms with Gasteiger partial charge in [0, 0.05) is 11.5 Å². The monoisotopic (exact) mass is 241 g/mol. The maximum atomic E-state index is 11.8. The summed E-state index contributed by atoms with van der Waals surface area (Å²) >= 11 is 0. The fourth-order valence-electron chi connectivity index (χ4n) is 2.31. The van der Waals surface area contributed by atoms with E-state index in [0.717, 1.165) is 18.4 Å². The number of nitrogens with one attached hydrogen (secondary N) is 1. The van der Waals surface area contributed by atoms with Crippen LogP contribution < -0.4 is 5.32 Å². The lowest BCUT2D eigenvalue weighted by atomic mass is 9.89. The van der Waals surface area contributed by atoms with Crippen molar-refractivity contribution >= 4 is 5.91 Å². The SMILES string of the molecule is O=C(NCC#Cc1ccccc1)C1CCCCC1. The van der Waals surface area contributed by atoms with Crippen LogP contribution in [-0.4, -0.2) is 12.5 Å². The Balaban J connectivity index is 1.75. The summed E-state index contributed by atoms with van der Waals surface area (Å²) < 4.78 is 0. The van der Waals surface area contributed by atoms with Crippen molar-refractivity contribution in [2.75, 3.05) is 6.54 Å². The normalized spacial score (nSPS) is 15.6. The molecule has 1 amide bonds. The van der Waals surface area contributed by atoms with Crippen molar-refractivity contribution in [2.45, 2.75) is 32.1 Å². The van der Waals surface area contributed by atoms with Gasteiger partial charge in [-0.25, -0.2) is 0 Å². The molecule has 94 valence electrons. The average Bonchev–Trinajstić information content (AvgIpc) is 2.45. The topological polar surface area (TPSA) is 29.1 Å². The van der Waals surface area contributed by atoms with Gasteiger partial charge in [-0.2, -0.15) is 0 Å². The lowest BCUT2D eigenvalue weighted by Crippen LogP contribution is -2.32. The van der Waals surface area contributed by atoms with Gasteiger partial charge in [-0.15, -0.1) is 0 Å². The number of hydrogen-bond donors (Lipinski definition) is 1. The first-order valence-corrected chi connectivity index (χ1v) is 6.68. The van der Waals surface area contributed by atoms with Crippen LogP contribution in [0.1, 0.15) is 37.7 Å². The molecule has 0 heterocycles. The van der Waals surface area contributed by atoms with Gasteiger partial charge in [0.15, 0.2) is 0 Å². The molecule has 0 unspecified atom stereocenters. The molecule has 1 saturated carbocycles. The van der Waals surface area contributed by atoms with Crippen molar-refractivity contribution in [3.8, 4) is 11.8 Å². The van der Waals surface area contributed by atoms with Crippen LogP contribution in [0.2, 0.25) is 0 Å². The predicted octanol–water partition coefficient (Wildman–Crippen LogP) is 2.73. The van der Waals surface area contributed by atoms with Crippen molar-refractivity contribution < 1.29 is 4.79 Å². The fraction of sp³-hybridized carbons (Fsp3) is 0.438. The van der Waals surface area contributed by atoms with Gasteiger partial charge in [0.1, 0.15) is 0 Å². The second kappa shape index (κ2) is 6.86. The second-order valence-electron chi connectivity index (χ2n) is 4.72. The molecule has 1 aliphatic rings. The summed E-state index contributed by atoms with van der Waals surface area (Å²) in [5, 5.41) is 2.91. The Bertz CT molecular complexity index is 435. The minimum atomic E-state index is 0.178. The number of carbonyl (C=O) groups excluding carboxylic acids is 1. The first kappa shape index (κ1) is 12.7. The van der Waals surface area contributed by atoms with Gasteiger partial charge < -0.3 is 5.32 Å². The van der Waals surface area contributed by atoms with Crippen molar-refractivity contribution in [3.63, 3.8) is 0 Å². The summed E-state index contributed by atoms with van der Waals surface area (Å²) in [5.41, 5.74) is 0.990. The van der Waals surface area contributed by atoms with Crippen LogP contribution >= 0.6 is 0 Å². The largest absolute Gasteiger partial charge is 0.345 e. The molecule has 0 aromatic heterocycles. The average molecular weight is 241 g/mol. The van der Waals surface area contributed by atoms with Crippen molar-refractivity contribution in [3.05, 3.63) is 35.9 Å². The third kappa shape index (κ3) is 3.92. The van der Waals surface area contributed by atoms with E-state index in [0.29, 0.717) is 6.54 Å². The quantitative estimate of drug-likeness (QED) is 0.793. The zero-order valence-corrected chi connectivity index (χ0v) is 10.6. The Kier molecular flexibility index (Phi) is 4.84. The number of carbonyl (C=O) groups is 1. The van der Waals surface area contributed by atoms with Gasteiger partial charge in [-0.05, 0) is 25.0 Å². The summed E-state index contributed by atoms with van der Waals surface area (Å²) in [7, 11) is 0. The van der Waals surface area contributed by atoms with Gasteiger partial charge >= 0.3 is 0 Å². The van der Waals surface area contributed by atoms with Crippen molar-refractivity contribution in [2.24, 2.45) is 5.92 Å². The molecule has 2 heteroatoms. The standard InChI is InChI=1S/C16H19NO/c18-16(15-11-5-2-6-12-15)17-13-7-10-14-8-3-1-4-9-14/h1,3-4,8-9,15H,2,5-6,11-13H2,(H,17,18). The van der Waals surface area contributed by atoms with Crippen molar-refractivity contribution in [1.82, 2.24) is 5.32 Å². The van der Waals surface area contributed by atoms with Gasteiger partial charge in [0.05, 0.1) is 6.54 Å². The Hall–Kier alpha value is -1.75. The van der Waals surface area contributed by atoms with E-state index in [-0.39, 0.29) is 11.8 Å². The number of rotatable bonds is 2. The molecule has 0 spiro atoms. The molecule has 18 heavy (non-hydrogen) atoms. The molecule has 0 radical (unpaired) electrons. The molecule has 2 rings (SSSR count). The highest BCUT2D eigenvalue weighted by Crippen LogP contribution is 2.23. The van der Waals surface area contributed by atoms with Crippen LogP contribution in [0, 0.1) is 17.8 Å². The van der Waals surface area contributed by atoms with E-state index in [1.165, 1.54) is 19.3 Å². The Morgan fingerprint density at radius 2 is 1.89 bits per heavy atom. The molecule has 0 aliphatic heterocycles. The number of amides is 1. The molecule has 2 nitrogen and oxygen atoms in total. The third-order valence-corrected chi connectivity index (χ3v) is 3.33. The van der Waals surface area contributed by atoms with E-state index < -0.39 is 0 Å². The Labute approximate surface area is 109 Å². The summed E-state index contributed by atoms with van der Waals surface area (Å²) in [6, 6.07) is 9.83. The fourth-order valence-corrected chi connectivity index (χ4v) is 2.31. The highest BCUT2D eigenvalue weighted by atomic mass is 16.1. The Morgan fingerprint density at radius 1 is 1.17 bits per heavy atom. The van der Waals surface area contributed by atoms with Gasteiger partial charge in [0.2, 0.25) is 5.91 Å². The lowest BCUT2D eigenvalue weighted by Gasteiger charge is -2.19. The van der Waals surface area contributed by atoms with Crippen LogP contribution in [-0.2, 0) is 4.79 Å². The molecular formula is C16H19NO. The minimum absolute atomic E-state index is 0.178. The smallest absolute Gasteiger partial charge is 0.223 e. The molecular weight excluding hydrogens is 222 g/mol. The summed E-state index contributed by atoms with van der Waals surface area (Å²) in [4.78, 5) is 11.8. The molecule has 1 aromatic carbocycles. The predicted molar refractivity (Wildman–Crippen MR) is 72.9 cm³/mol. The first-order valence-electron chi connectivity index (χ1n) is 6.68. The van der Waals surface area contributed by atoms with E-state index in [1.54, 1.807) is 0 Å². The van der Waals surface area contributed by atoms with E-state index >= 15 is 0 Å². The third-order valence-electron chi connectivity index (χ3n) is 3.33. The number of hydrogen-bond acceptors (Lipinski definition) is 1. The second-order valence-corrected chi connectivity index (χ2v) is 4.72. The van der Waals surface area contributed by atoms with E-state index in [2.05, 4.69) is 17.2 Å². The zero-order valence-electron chi connectivity index (χ0n) is 10.6. The lowest BCUT2D eigenvalue weighted by molar-refractivity contribution is -0.125.